The number of carbonyl (C=O) groups is 1. The van der Waals surface area contributed by atoms with Crippen LogP contribution in [-0.2, 0) is 23.2 Å². The van der Waals surface area contributed by atoms with E-state index in [0.29, 0.717) is 0 Å². The van der Waals surface area contributed by atoms with Crippen LogP contribution in [0.15, 0.2) is 79.0 Å². The molecule has 166 valence electrons. The van der Waals surface area contributed by atoms with Crippen molar-refractivity contribution in [2.24, 2.45) is 0 Å². The number of nitrogens with zero attached hydrogens (tertiary/aromatic N) is 3. The quantitative estimate of drug-likeness (QED) is 0.518. The smallest absolute Gasteiger partial charge is 0.223 e. The van der Waals surface area contributed by atoms with E-state index in [1.807, 2.05) is 31.4 Å². The number of rotatable bonds is 7. The molecular weight excluding hydrogens is 394 g/mol. The normalized spacial score (nSPS) is 15.9. The Morgan fingerprint density at radius 1 is 0.938 bits per heavy atom. The van der Waals surface area contributed by atoms with Crippen LogP contribution < -0.4 is 4.90 Å². The minimum Gasteiger partial charge on any atom is -0.316 e. The average Bonchev–Trinajstić information content (AvgIpc) is 2.85. The molecule has 0 bridgehead atoms. The van der Waals surface area contributed by atoms with Crippen LogP contribution in [-0.4, -0.2) is 35.9 Å². The Bertz CT molecular complexity index is 994. The fraction of sp³-hybridized carbons (Fsp3) is 0.357. The molecule has 1 aromatic heterocycles. The van der Waals surface area contributed by atoms with Crippen molar-refractivity contribution in [2.45, 2.75) is 44.6 Å². The molecule has 0 N–H and O–H groups in total. The Morgan fingerprint density at radius 3 is 2.25 bits per heavy atom. The van der Waals surface area contributed by atoms with Crippen molar-refractivity contribution in [2.75, 3.05) is 25.0 Å². The Balaban J connectivity index is 1.41. The average molecular weight is 428 g/mol. The molecular formula is C28H33N3O. The molecule has 0 atom stereocenters. The lowest BCUT2D eigenvalue weighted by Gasteiger charge is -2.42. The Morgan fingerprint density at radius 2 is 1.62 bits per heavy atom. The number of piperidine rings is 1. The zero-order valence-electron chi connectivity index (χ0n) is 19.2. The molecule has 1 fully saturated rings. The van der Waals surface area contributed by atoms with Gasteiger partial charge in [0.25, 0.3) is 0 Å². The molecule has 3 aromatic rings. The fourth-order valence-corrected chi connectivity index (χ4v) is 4.74. The van der Waals surface area contributed by atoms with Gasteiger partial charge >= 0.3 is 0 Å². The van der Waals surface area contributed by atoms with E-state index in [2.05, 4.69) is 59.5 Å². The lowest BCUT2D eigenvalue weighted by atomic mass is 9.71. The molecule has 0 radical (unpaired) electrons. The molecule has 1 aliphatic rings. The van der Waals surface area contributed by atoms with Crippen LogP contribution in [0.25, 0.3) is 0 Å². The molecule has 1 saturated heterocycles. The number of aryl methyl sites for hydroxylation is 1. The minimum absolute atomic E-state index is 0.0511. The number of aromatic nitrogens is 1. The van der Waals surface area contributed by atoms with Crippen molar-refractivity contribution < 1.29 is 4.79 Å². The highest BCUT2D eigenvalue weighted by atomic mass is 16.2. The summed E-state index contributed by atoms with van der Waals surface area (Å²) in [6.07, 6.45) is 6.41. The summed E-state index contributed by atoms with van der Waals surface area (Å²) < 4.78 is 0. The van der Waals surface area contributed by atoms with Gasteiger partial charge in [0, 0.05) is 43.5 Å². The molecule has 0 spiro atoms. The number of benzene rings is 2. The Hall–Kier alpha value is -2.98. The lowest BCUT2D eigenvalue weighted by Crippen LogP contribution is -2.43. The molecule has 0 aliphatic carbocycles. The van der Waals surface area contributed by atoms with Gasteiger partial charge in [-0.25, -0.2) is 0 Å². The number of pyridine rings is 1. The number of likely N-dealkylation sites (tertiary alicyclic amines) is 1. The summed E-state index contributed by atoms with van der Waals surface area (Å²) in [7, 11) is 1.81. The summed E-state index contributed by atoms with van der Waals surface area (Å²) in [6, 6.07) is 25.5. The first kappa shape index (κ1) is 22.2. The predicted octanol–water partition coefficient (Wildman–Crippen LogP) is 5.23. The SMILES string of the molecule is CC(=O)N(C)c1ccc(CN2CCC(CCc3ccccc3)(c3ccccn3)CC2)cc1. The van der Waals surface area contributed by atoms with Gasteiger partial charge in [0.15, 0.2) is 0 Å². The molecule has 4 heteroatoms. The third-order valence-corrected chi connectivity index (χ3v) is 6.96. The fourth-order valence-electron chi connectivity index (χ4n) is 4.74. The van der Waals surface area contributed by atoms with Crippen molar-refractivity contribution in [1.82, 2.24) is 9.88 Å². The summed E-state index contributed by atoms with van der Waals surface area (Å²) in [5, 5.41) is 0. The molecule has 2 aromatic carbocycles. The summed E-state index contributed by atoms with van der Waals surface area (Å²) >= 11 is 0. The van der Waals surface area contributed by atoms with Crippen LogP contribution in [0.1, 0.15) is 43.0 Å². The highest BCUT2D eigenvalue weighted by molar-refractivity contribution is 5.90. The third-order valence-electron chi connectivity index (χ3n) is 6.96. The van der Waals surface area contributed by atoms with Crippen LogP contribution in [0.3, 0.4) is 0 Å². The van der Waals surface area contributed by atoms with Crippen molar-refractivity contribution in [1.29, 1.82) is 0 Å². The van der Waals surface area contributed by atoms with Crippen LogP contribution in [0, 0.1) is 0 Å². The molecule has 1 aliphatic heterocycles. The van der Waals surface area contributed by atoms with Gasteiger partial charge in [0.1, 0.15) is 0 Å². The van der Waals surface area contributed by atoms with Gasteiger partial charge < -0.3 is 4.90 Å². The second kappa shape index (κ2) is 10.1. The van der Waals surface area contributed by atoms with E-state index < -0.39 is 0 Å². The van der Waals surface area contributed by atoms with Crippen molar-refractivity contribution in [3.63, 3.8) is 0 Å². The van der Waals surface area contributed by atoms with Crippen LogP contribution >= 0.6 is 0 Å². The van der Waals surface area contributed by atoms with Gasteiger partial charge in [0.05, 0.1) is 0 Å². The predicted molar refractivity (Wildman–Crippen MR) is 131 cm³/mol. The van der Waals surface area contributed by atoms with Gasteiger partial charge in [-0.1, -0.05) is 48.5 Å². The number of hydrogen-bond acceptors (Lipinski definition) is 3. The summed E-state index contributed by atoms with van der Waals surface area (Å²) in [4.78, 5) is 20.6. The van der Waals surface area contributed by atoms with E-state index in [0.717, 1.165) is 51.0 Å². The van der Waals surface area contributed by atoms with Crippen LogP contribution in [0.4, 0.5) is 5.69 Å². The topological polar surface area (TPSA) is 36.4 Å². The Kier molecular flexibility index (Phi) is 7.01. The van der Waals surface area contributed by atoms with E-state index >= 15 is 0 Å². The maximum Gasteiger partial charge on any atom is 0.223 e. The summed E-state index contributed by atoms with van der Waals surface area (Å²) in [5.41, 5.74) is 5.02. The van der Waals surface area contributed by atoms with Gasteiger partial charge in [0.2, 0.25) is 5.91 Å². The first-order valence-electron chi connectivity index (χ1n) is 11.6. The number of carbonyl (C=O) groups excluding carboxylic acids is 1. The van der Waals surface area contributed by atoms with Crippen LogP contribution in [0.2, 0.25) is 0 Å². The number of hydrogen-bond donors (Lipinski definition) is 0. The van der Waals surface area contributed by atoms with E-state index in [4.69, 9.17) is 4.98 Å². The Labute approximate surface area is 191 Å². The maximum absolute atomic E-state index is 11.6. The standard InChI is InChI=1S/C28H33N3O/c1-23(32)30(2)26-13-11-25(12-14-26)22-31-20-17-28(18-21-31,27-10-6-7-19-29-27)16-15-24-8-4-3-5-9-24/h3-14,19H,15-18,20-22H2,1-2H3. The summed E-state index contributed by atoms with van der Waals surface area (Å²) in [5.74, 6) is 0.0511. The highest BCUT2D eigenvalue weighted by Gasteiger charge is 2.36. The second-order valence-corrected chi connectivity index (χ2v) is 9.00. The number of anilines is 1. The summed E-state index contributed by atoms with van der Waals surface area (Å²) in [6.45, 7) is 4.68. The monoisotopic (exact) mass is 427 g/mol. The largest absolute Gasteiger partial charge is 0.316 e. The van der Waals surface area contributed by atoms with E-state index in [1.165, 1.54) is 16.8 Å². The van der Waals surface area contributed by atoms with Gasteiger partial charge in [-0.05, 0) is 74.2 Å². The maximum atomic E-state index is 11.6. The zero-order chi connectivity index (χ0) is 22.4. The van der Waals surface area contributed by atoms with E-state index in [9.17, 15) is 4.79 Å². The third kappa shape index (κ3) is 5.25. The molecule has 2 heterocycles. The van der Waals surface area contributed by atoms with Crippen molar-refractivity contribution >= 4 is 11.6 Å². The van der Waals surface area contributed by atoms with Gasteiger partial charge in [-0.3, -0.25) is 14.7 Å². The zero-order valence-corrected chi connectivity index (χ0v) is 19.2. The molecule has 4 nitrogen and oxygen atoms in total. The van der Waals surface area contributed by atoms with Crippen LogP contribution in [0.5, 0.6) is 0 Å². The highest BCUT2D eigenvalue weighted by Crippen LogP contribution is 2.39. The van der Waals surface area contributed by atoms with Crippen molar-refractivity contribution in [3.8, 4) is 0 Å². The van der Waals surface area contributed by atoms with E-state index in [1.54, 1.807) is 11.8 Å². The second-order valence-electron chi connectivity index (χ2n) is 9.00. The molecule has 0 saturated carbocycles. The first-order chi connectivity index (χ1) is 15.6. The number of amides is 1. The molecule has 1 amide bonds. The first-order valence-corrected chi connectivity index (χ1v) is 11.6. The lowest BCUT2D eigenvalue weighted by molar-refractivity contribution is -0.116. The molecule has 4 rings (SSSR count). The minimum atomic E-state index is 0.0511. The van der Waals surface area contributed by atoms with Crippen molar-refractivity contribution in [3.05, 3.63) is 95.8 Å². The van der Waals surface area contributed by atoms with Gasteiger partial charge in [-0.15, -0.1) is 0 Å². The van der Waals surface area contributed by atoms with E-state index in [-0.39, 0.29) is 11.3 Å². The molecule has 32 heavy (non-hydrogen) atoms. The van der Waals surface area contributed by atoms with Gasteiger partial charge in [-0.2, -0.15) is 0 Å². The molecule has 0 unspecified atom stereocenters.